The van der Waals surface area contributed by atoms with Gasteiger partial charge >= 0.3 is 0 Å². The molecule has 0 radical (unpaired) electrons. The Labute approximate surface area is 396 Å². The first-order valence-electron chi connectivity index (χ1n) is 28.3. The van der Waals surface area contributed by atoms with E-state index < -0.39 is 0 Å². The molecule has 0 fully saturated rings. The van der Waals surface area contributed by atoms with Gasteiger partial charge in [0.25, 0.3) is 0 Å². The van der Waals surface area contributed by atoms with Crippen molar-refractivity contribution in [1.29, 1.82) is 0 Å². The van der Waals surface area contributed by atoms with Gasteiger partial charge in [0.1, 0.15) is 0 Å². The third-order valence-corrected chi connectivity index (χ3v) is 17.3. The van der Waals surface area contributed by atoms with Crippen LogP contribution in [0.5, 0.6) is 0 Å². The Morgan fingerprint density at radius 3 is 0.823 bits per heavy atom. The van der Waals surface area contributed by atoms with Crippen molar-refractivity contribution in [1.82, 2.24) is 0 Å². The Morgan fingerprint density at radius 1 is 0.290 bits per heavy atom. The van der Waals surface area contributed by atoms with Crippen LogP contribution in [0.3, 0.4) is 0 Å². The fraction of sp³-hybridized carbons (Fsp3) is 1.00. The van der Waals surface area contributed by atoms with Crippen LogP contribution in [0, 0.1) is 33.5 Å². The van der Waals surface area contributed by atoms with Crippen LogP contribution < -0.4 is 0 Å². The highest BCUT2D eigenvalue weighted by atomic mass is 16.5. The summed E-state index contributed by atoms with van der Waals surface area (Å²) < 4.78 is 14.3. The highest BCUT2D eigenvalue weighted by Crippen LogP contribution is 2.52. The molecule has 2 nitrogen and oxygen atoms in total. The monoisotopic (exact) mass is 877 g/mol. The molecule has 0 spiro atoms. The molecule has 0 aromatic heterocycles. The molecule has 0 rings (SSSR count). The van der Waals surface area contributed by atoms with Gasteiger partial charge in [-0.2, -0.15) is 0 Å². The zero-order valence-corrected chi connectivity index (χ0v) is 47.3. The molecule has 0 amide bonds. The molecule has 0 aliphatic carbocycles. The second kappa shape index (κ2) is 34.2. The number of unbranched alkanes of at least 4 members (excludes halogenated alkanes) is 16. The third kappa shape index (κ3) is 24.6. The van der Waals surface area contributed by atoms with Gasteiger partial charge in [-0.3, -0.25) is 0 Å². The molecule has 62 heavy (non-hydrogen) atoms. The summed E-state index contributed by atoms with van der Waals surface area (Å²) in [5, 5.41) is 0. The van der Waals surface area contributed by atoms with Crippen molar-refractivity contribution >= 4 is 0 Å². The molecule has 0 bridgehead atoms. The SMILES string of the molecule is CCCCCC(CCCC)C(C)(C)C(C)(C)OC(C)(C)C(C)(C)C(CCCC)CCCCC.CCCCCCCCC(OC(CCCCCCCC)C(C)(C)CC)C(C)(C)CC. The minimum absolute atomic E-state index is 0.143. The predicted molar refractivity (Wildman–Crippen MR) is 284 cm³/mol. The predicted octanol–water partition coefficient (Wildman–Crippen LogP) is 21.5. The maximum Gasteiger partial charge on any atom is 0.0687 e. The molecule has 0 saturated carbocycles. The van der Waals surface area contributed by atoms with Crippen molar-refractivity contribution in [2.45, 2.75) is 355 Å². The van der Waals surface area contributed by atoms with Gasteiger partial charge in [0.2, 0.25) is 0 Å². The highest BCUT2D eigenvalue weighted by molar-refractivity contribution is 5.00. The summed E-state index contributed by atoms with van der Waals surface area (Å²) in [6, 6.07) is 0. The van der Waals surface area contributed by atoms with Crippen molar-refractivity contribution in [2.75, 3.05) is 0 Å². The number of hydrogen-bond acceptors (Lipinski definition) is 2. The van der Waals surface area contributed by atoms with E-state index in [1.165, 1.54) is 193 Å². The van der Waals surface area contributed by atoms with E-state index in [1.54, 1.807) is 0 Å². The zero-order chi connectivity index (χ0) is 47.9. The summed E-state index contributed by atoms with van der Waals surface area (Å²) in [6.45, 7) is 47.8. The van der Waals surface area contributed by atoms with Gasteiger partial charge in [-0.1, -0.05) is 252 Å². The first-order chi connectivity index (χ1) is 29.0. The first kappa shape index (κ1) is 64.0. The van der Waals surface area contributed by atoms with Crippen molar-refractivity contribution in [3.05, 3.63) is 0 Å². The van der Waals surface area contributed by atoms with E-state index in [0.717, 1.165) is 11.8 Å². The van der Waals surface area contributed by atoms with Gasteiger partial charge in [0.05, 0.1) is 23.4 Å². The van der Waals surface area contributed by atoms with Crippen LogP contribution in [-0.2, 0) is 9.47 Å². The van der Waals surface area contributed by atoms with Crippen LogP contribution in [0.2, 0.25) is 0 Å². The average Bonchev–Trinajstić information content (AvgIpc) is 3.21. The quantitative estimate of drug-likeness (QED) is 0.0571. The molecule has 0 aromatic rings. The van der Waals surface area contributed by atoms with E-state index in [-0.39, 0.29) is 32.9 Å². The van der Waals surface area contributed by atoms with Crippen molar-refractivity contribution in [3.8, 4) is 0 Å². The van der Waals surface area contributed by atoms with Gasteiger partial charge in [0.15, 0.2) is 0 Å². The Morgan fingerprint density at radius 2 is 0.532 bits per heavy atom. The molecule has 0 aromatic carbocycles. The fourth-order valence-corrected chi connectivity index (χ4v) is 9.96. The second-order valence-corrected chi connectivity index (χ2v) is 24.1. The Kier molecular flexibility index (Phi) is 35.4. The van der Waals surface area contributed by atoms with Crippen LogP contribution in [0.1, 0.15) is 331 Å². The maximum absolute atomic E-state index is 7.29. The van der Waals surface area contributed by atoms with Crippen LogP contribution in [-0.4, -0.2) is 23.4 Å². The maximum atomic E-state index is 7.29. The second-order valence-electron chi connectivity index (χ2n) is 24.1. The van der Waals surface area contributed by atoms with Gasteiger partial charge < -0.3 is 9.47 Å². The van der Waals surface area contributed by atoms with E-state index in [4.69, 9.17) is 9.47 Å². The van der Waals surface area contributed by atoms with E-state index >= 15 is 0 Å². The molecule has 4 atom stereocenters. The normalized spacial score (nSPS) is 15.3. The molecule has 2 heteroatoms. The van der Waals surface area contributed by atoms with Crippen LogP contribution in [0.4, 0.5) is 0 Å². The van der Waals surface area contributed by atoms with Crippen LogP contribution >= 0.6 is 0 Å². The van der Waals surface area contributed by atoms with Crippen molar-refractivity contribution < 1.29 is 9.47 Å². The molecular formula is C60H124O2. The van der Waals surface area contributed by atoms with Gasteiger partial charge in [-0.25, -0.2) is 0 Å². The lowest BCUT2D eigenvalue weighted by molar-refractivity contribution is -0.234. The molecule has 0 saturated heterocycles. The topological polar surface area (TPSA) is 18.5 Å². The minimum Gasteiger partial charge on any atom is -0.374 e. The minimum atomic E-state index is -0.170. The Bertz CT molecular complexity index is 922. The lowest BCUT2D eigenvalue weighted by Gasteiger charge is -2.55. The lowest BCUT2D eigenvalue weighted by atomic mass is 9.62. The molecule has 4 unspecified atom stereocenters. The van der Waals surface area contributed by atoms with Gasteiger partial charge in [0, 0.05) is 0 Å². The summed E-state index contributed by atoms with van der Waals surface area (Å²) in [4.78, 5) is 0. The molecule has 0 heterocycles. The number of rotatable bonds is 40. The summed E-state index contributed by atoms with van der Waals surface area (Å²) >= 11 is 0. The molecule has 0 N–H and O–H groups in total. The number of hydrogen-bond donors (Lipinski definition) is 0. The largest absolute Gasteiger partial charge is 0.374 e. The first-order valence-corrected chi connectivity index (χ1v) is 28.3. The summed E-state index contributed by atoms with van der Waals surface area (Å²) in [5.74, 6) is 1.44. The average molecular weight is 878 g/mol. The van der Waals surface area contributed by atoms with Gasteiger partial charge in [-0.15, -0.1) is 0 Å². The Balaban J connectivity index is 0. The Hall–Kier alpha value is -0.0800. The summed E-state index contributed by atoms with van der Waals surface area (Å²) in [7, 11) is 0. The molecule has 0 aliphatic rings. The standard InChI is InChI=1S/C32H66O.C28H58O/c1-13-17-21-25-27(23-19-15-3)29(5,6)31(9,10)33-32(11,12)30(7,8)28(24-20-16-4)26-22-18-14-2;1-9-13-15-17-19-21-23-25(27(5,6)11-3)29-26(28(7,8)12-4)24-22-20-18-16-14-10-2/h27-28H,13-26H2,1-12H3;25-26H,9-24H2,1-8H3. The molecule has 0 aliphatic heterocycles. The summed E-state index contributed by atoms with van der Waals surface area (Å²) in [5.41, 5.74) is 0.488. The fourth-order valence-electron chi connectivity index (χ4n) is 9.96. The van der Waals surface area contributed by atoms with Crippen LogP contribution in [0.15, 0.2) is 0 Å². The van der Waals surface area contributed by atoms with Gasteiger partial charge in [-0.05, 0) is 113 Å². The highest BCUT2D eigenvalue weighted by Gasteiger charge is 2.51. The lowest BCUT2D eigenvalue weighted by Crippen LogP contribution is -2.56. The number of ether oxygens (including phenoxy) is 2. The third-order valence-electron chi connectivity index (χ3n) is 17.3. The molecular weight excluding hydrogens is 753 g/mol. The van der Waals surface area contributed by atoms with E-state index in [9.17, 15) is 0 Å². The zero-order valence-electron chi connectivity index (χ0n) is 47.3. The van der Waals surface area contributed by atoms with E-state index in [2.05, 4.69) is 138 Å². The van der Waals surface area contributed by atoms with E-state index in [0.29, 0.717) is 12.2 Å². The van der Waals surface area contributed by atoms with Crippen LogP contribution in [0.25, 0.3) is 0 Å². The van der Waals surface area contributed by atoms with E-state index in [1.807, 2.05) is 0 Å². The smallest absolute Gasteiger partial charge is 0.0687 e. The van der Waals surface area contributed by atoms with Crippen molar-refractivity contribution in [2.24, 2.45) is 33.5 Å². The van der Waals surface area contributed by atoms with Crippen molar-refractivity contribution in [3.63, 3.8) is 0 Å². The molecule has 376 valence electrons. The summed E-state index contributed by atoms with van der Waals surface area (Å²) in [6.07, 6.45) is 40.8.